The third kappa shape index (κ3) is 2.23. The number of hydrogen-bond donors (Lipinski definition) is 0. The molecule has 2 heterocycles. The SMILES string of the molecule is CCN1C(=O)c2ccccc2-n2c(nc3ccccc3c2=O)-c2ccccc21. The Labute approximate surface area is 161 Å². The molecule has 0 N–H and O–H groups in total. The third-order valence-corrected chi connectivity index (χ3v) is 5.15. The molecular formula is C23H17N3O2. The highest BCUT2D eigenvalue weighted by molar-refractivity contribution is 6.11. The Balaban J connectivity index is 2.03. The fraction of sp³-hybridized carbons (Fsp3) is 0.0870. The van der Waals surface area contributed by atoms with Gasteiger partial charge in [0, 0.05) is 12.1 Å². The van der Waals surface area contributed by atoms with Crippen molar-refractivity contribution in [1.29, 1.82) is 0 Å². The number of para-hydroxylation sites is 3. The van der Waals surface area contributed by atoms with E-state index in [0.29, 0.717) is 34.5 Å². The van der Waals surface area contributed by atoms with E-state index in [1.54, 1.807) is 27.7 Å². The molecule has 0 saturated carbocycles. The first-order chi connectivity index (χ1) is 13.7. The molecule has 0 spiro atoms. The van der Waals surface area contributed by atoms with Crippen LogP contribution in [0.2, 0.25) is 0 Å². The van der Waals surface area contributed by atoms with Gasteiger partial charge in [-0.25, -0.2) is 4.98 Å². The van der Waals surface area contributed by atoms with Crippen molar-refractivity contribution in [3.63, 3.8) is 0 Å². The molecule has 0 radical (unpaired) electrons. The van der Waals surface area contributed by atoms with E-state index in [9.17, 15) is 9.59 Å². The molecule has 5 nitrogen and oxygen atoms in total. The molecule has 0 unspecified atom stereocenters. The summed E-state index contributed by atoms with van der Waals surface area (Å²) in [5.74, 6) is 0.411. The second kappa shape index (κ2) is 6.16. The van der Waals surface area contributed by atoms with Gasteiger partial charge < -0.3 is 4.90 Å². The maximum atomic E-state index is 13.5. The molecule has 3 aromatic carbocycles. The molecule has 0 aliphatic carbocycles. The zero-order valence-corrected chi connectivity index (χ0v) is 15.3. The van der Waals surface area contributed by atoms with Gasteiger partial charge in [-0.1, -0.05) is 36.4 Å². The predicted molar refractivity (Wildman–Crippen MR) is 110 cm³/mol. The molecular weight excluding hydrogens is 350 g/mol. The smallest absolute Gasteiger partial charge is 0.266 e. The van der Waals surface area contributed by atoms with Gasteiger partial charge in [-0.15, -0.1) is 0 Å². The summed E-state index contributed by atoms with van der Waals surface area (Å²) in [5, 5.41) is 0.527. The first-order valence-corrected chi connectivity index (χ1v) is 9.23. The number of benzene rings is 3. The van der Waals surface area contributed by atoms with Crippen molar-refractivity contribution >= 4 is 22.5 Å². The molecule has 28 heavy (non-hydrogen) atoms. The van der Waals surface area contributed by atoms with Gasteiger partial charge in [0.2, 0.25) is 0 Å². The Kier molecular flexibility index (Phi) is 3.62. The van der Waals surface area contributed by atoms with Gasteiger partial charge in [0.25, 0.3) is 11.5 Å². The van der Waals surface area contributed by atoms with Crippen LogP contribution < -0.4 is 10.5 Å². The molecule has 1 aliphatic rings. The highest BCUT2D eigenvalue weighted by Gasteiger charge is 2.28. The van der Waals surface area contributed by atoms with Gasteiger partial charge in [0.1, 0.15) is 5.82 Å². The van der Waals surface area contributed by atoms with Crippen LogP contribution >= 0.6 is 0 Å². The lowest BCUT2D eigenvalue weighted by Gasteiger charge is -2.28. The standard InChI is InChI=1S/C23H17N3O2/c1-2-25-19-13-7-4-10-16(19)21-24-18-12-6-3-9-15(18)23(28)26(21)20-14-8-5-11-17(20)22(25)27/h3-14H,2H2,1H3. The van der Waals surface area contributed by atoms with Crippen LogP contribution in [0.3, 0.4) is 0 Å². The van der Waals surface area contributed by atoms with Crippen LogP contribution in [0.4, 0.5) is 5.69 Å². The fourth-order valence-electron chi connectivity index (χ4n) is 3.85. The van der Waals surface area contributed by atoms with Gasteiger partial charge in [0.05, 0.1) is 27.8 Å². The van der Waals surface area contributed by atoms with Gasteiger partial charge in [-0.05, 0) is 43.3 Å². The van der Waals surface area contributed by atoms with Crippen LogP contribution in [-0.4, -0.2) is 22.0 Å². The second-order valence-corrected chi connectivity index (χ2v) is 6.68. The first-order valence-electron chi connectivity index (χ1n) is 9.23. The number of fused-ring (bicyclic) bond motifs is 6. The Morgan fingerprint density at radius 2 is 1.43 bits per heavy atom. The number of amides is 1. The Hall–Kier alpha value is -3.73. The number of hydrogen-bond acceptors (Lipinski definition) is 3. The highest BCUT2D eigenvalue weighted by atomic mass is 16.2. The Morgan fingerprint density at radius 3 is 2.21 bits per heavy atom. The molecule has 1 aliphatic heterocycles. The number of aromatic nitrogens is 2. The van der Waals surface area contributed by atoms with Crippen molar-refractivity contribution in [1.82, 2.24) is 9.55 Å². The second-order valence-electron chi connectivity index (χ2n) is 6.68. The lowest BCUT2D eigenvalue weighted by atomic mass is 10.0. The molecule has 0 bridgehead atoms. The van der Waals surface area contributed by atoms with Crippen molar-refractivity contribution in [3.05, 3.63) is 88.7 Å². The molecule has 0 atom stereocenters. The van der Waals surface area contributed by atoms with E-state index in [1.807, 2.05) is 61.5 Å². The fourth-order valence-corrected chi connectivity index (χ4v) is 3.85. The Bertz CT molecular complexity index is 1310. The minimum absolute atomic E-state index is 0.128. The molecule has 1 amide bonds. The lowest BCUT2D eigenvalue weighted by molar-refractivity contribution is 0.0988. The van der Waals surface area contributed by atoms with Crippen LogP contribution in [0.1, 0.15) is 17.3 Å². The van der Waals surface area contributed by atoms with E-state index in [-0.39, 0.29) is 11.5 Å². The van der Waals surface area contributed by atoms with E-state index >= 15 is 0 Å². The zero-order valence-electron chi connectivity index (χ0n) is 15.3. The third-order valence-electron chi connectivity index (χ3n) is 5.15. The number of rotatable bonds is 1. The normalized spacial score (nSPS) is 12.8. The number of anilines is 1. The van der Waals surface area contributed by atoms with Crippen LogP contribution in [0.5, 0.6) is 0 Å². The molecule has 4 aromatic rings. The summed E-state index contributed by atoms with van der Waals surface area (Å²) >= 11 is 0. The van der Waals surface area contributed by atoms with E-state index in [0.717, 1.165) is 11.3 Å². The summed E-state index contributed by atoms with van der Waals surface area (Å²) < 4.78 is 1.57. The molecule has 1 aromatic heterocycles. The minimum Gasteiger partial charge on any atom is -0.308 e. The molecule has 5 rings (SSSR count). The predicted octanol–water partition coefficient (Wildman–Crippen LogP) is 4.03. The van der Waals surface area contributed by atoms with Crippen molar-refractivity contribution in [3.8, 4) is 17.1 Å². The number of nitrogens with zero attached hydrogens (tertiary/aromatic N) is 3. The van der Waals surface area contributed by atoms with Gasteiger partial charge in [-0.2, -0.15) is 0 Å². The van der Waals surface area contributed by atoms with E-state index in [4.69, 9.17) is 4.98 Å². The van der Waals surface area contributed by atoms with Crippen LogP contribution in [-0.2, 0) is 0 Å². The van der Waals surface area contributed by atoms with Gasteiger partial charge in [0.15, 0.2) is 0 Å². The zero-order chi connectivity index (χ0) is 19.3. The quantitative estimate of drug-likeness (QED) is 0.510. The molecule has 5 heteroatoms. The first kappa shape index (κ1) is 16.4. The summed E-state index contributed by atoms with van der Waals surface area (Å²) in [6.45, 7) is 2.46. The summed E-state index contributed by atoms with van der Waals surface area (Å²) in [6.07, 6.45) is 0. The number of carbonyl (C=O) groups is 1. The summed E-state index contributed by atoms with van der Waals surface area (Å²) in [4.78, 5) is 33.4. The van der Waals surface area contributed by atoms with Crippen molar-refractivity contribution in [2.45, 2.75) is 6.92 Å². The summed E-state index contributed by atoms with van der Waals surface area (Å²) in [5.41, 5.74) is 3.01. The van der Waals surface area contributed by atoms with E-state index < -0.39 is 0 Å². The summed E-state index contributed by atoms with van der Waals surface area (Å²) in [6, 6.07) is 22.1. The lowest BCUT2D eigenvalue weighted by Crippen LogP contribution is -2.35. The minimum atomic E-state index is -0.180. The Morgan fingerprint density at radius 1 is 0.786 bits per heavy atom. The maximum Gasteiger partial charge on any atom is 0.266 e. The number of carbonyl (C=O) groups excluding carboxylic acids is 1. The average molecular weight is 367 g/mol. The van der Waals surface area contributed by atoms with Crippen molar-refractivity contribution in [2.75, 3.05) is 11.4 Å². The highest BCUT2D eigenvalue weighted by Crippen LogP contribution is 2.35. The molecule has 136 valence electrons. The van der Waals surface area contributed by atoms with Crippen LogP contribution in [0, 0.1) is 0 Å². The largest absolute Gasteiger partial charge is 0.308 e. The van der Waals surface area contributed by atoms with E-state index in [2.05, 4.69) is 0 Å². The monoisotopic (exact) mass is 367 g/mol. The molecule has 0 saturated heterocycles. The van der Waals surface area contributed by atoms with Crippen molar-refractivity contribution < 1.29 is 4.79 Å². The van der Waals surface area contributed by atoms with Crippen LogP contribution in [0.15, 0.2) is 77.6 Å². The molecule has 0 fully saturated rings. The van der Waals surface area contributed by atoms with Gasteiger partial charge in [-0.3, -0.25) is 14.2 Å². The topological polar surface area (TPSA) is 55.2 Å². The van der Waals surface area contributed by atoms with Crippen LogP contribution in [0.25, 0.3) is 28.0 Å². The average Bonchev–Trinajstić information content (AvgIpc) is 2.74. The van der Waals surface area contributed by atoms with Gasteiger partial charge >= 0.3 is 0 Å². The van der Waals surface area contributed by atoms with Crippen molar-refractivity contribution in [2.24, 2.45) is 0 Å². The summed E-state index contributed by atoms with van der Waals surface area (Å²) in [7, 11) is 0. The maximum absolute atomic E-state index is 13.5. The van der Waals surface area contributed by atoms with E-state index in [1.165, 1.54) is 0 Å².